The zero-order valence-corrected chi connectivity index (χ0v) is 18.9. The van der Waals surface area contributed by atoms with Crippen molar-refractivity contribution >= 4 is 29.2 Å². The predicted octanol–water partition coefficient (Wildman–Crippen LogP) is 3.59. The predicted molar refractivity (Wildman–Crippen MR) is 124 cm³/mol. The summed E-state index contributed by atoms with van der Waals surface area (Å²) in [5, 5.41) is 24.4. The van der Waals surface area contributed by atoms with E-state index in [0.717, 1.165) is 5.56 Å². The molecule has 35 heavy (non-hydrogen) atoms. The molecule has 0 fully saturated rings. The minimum atomic E-state index is -0.765. The number of nitrogens with one attached hydrogen (secondary N) is 1. The van der Waals surface area contributed by atoms with E-state index >= 15 is 0 Å². The lowest BCUT2D eigenvalue weighted by atomic mass is 10.1. The Bertz CT molecular complexity index is 1320. The van der Waals surface area contributed by atoms with Crippen molar-refractivity contribution in [2.45, 2.75) is 19.1 Å². The molecule has 4 aromatic rings. The van der Waals surface area contributed by atoms with Gasteiger partial charge < -0.3 is 24.1 Å². The molecule has 1 atom stereocenters. The Kier molecular flexibility index (Phi) is 6.42. The average molecular weight is 495 g/mol. The standard InChI is InChI=1S/C23H19ClN6O5/c24-15-3-1-14(2-4-15)12-30-22(32)18(21-28-27-20(13-31)35-21)11-25-23(30)26-16-5-7-17(8-6-16)34-19-9-10-33-29-19/h1-10,18,31H,11-13H2,(H,25,26). The van der Waals surface area contributed by atoms with E-state index in [1.54, 1.807) is 42.5 Å². The molecule has 0 saturated heterocycles. The Labute approximate surface area is 204 Å². The second kappa shape index (κ2) is 9.95. The number of aliphatic imine (C=N–C) groups is 1. The van der Waals surface area contributed by atoms with Crippen LogP contribution in [0.1, 0.15) is 23.3 Å². The molecule has 2 aromatic carbocycles. The van der Waals surface area contributed by atoms with Crippen molar-refractivity contribution in [2.75, 3.05) is 11.9 Å². The number of carbonyl (C=O) groups excluding carboxylic acids is 1. The highest BCUT2D eigenvalue weighted by atomic mass is 35.5. The first-order chi connectivity index (χ1) is 17.1. The summed E-state index contributed by atoms with van der Waals surface area (Å²) in [6.45, 7) is -0.0553. The van der Waals surface area contributed by atoms with Crippen LogP contribution in [-0.4, -0.2) is 43.8 Å². The molecule has 1 aliphatic rings. The fourth-order valence-corrected chi connectivity index (χ4v) is 3.56. The van der Waals surface area contributed by atoms with Gasteiger partial charge in [0.15, 0.2) is 0 Å². The Morgan fingerprint density at radius 2 is 1.91 bits per heavy atom. The number of hydrogen-bond acceptors (Lipinski definition) is 10. The van der Waals surface area contributed by atoms with Crippen molar-refractivity contribution < 1.29 is 23.6 Å². The van der Waals surface area contributed by atoms with Gasteiger partial charge in [0.25, 0.3) is 5.88 Å². The van der Waals surface area contributed by atoms with Crippen molar-refractivity contribution in [3.8, 4) is 11.6 Å². The molecule has 0 spiro atoms. The maximum Gasteiger partial charge on any atom is 0.259 e. The number of ether oxygens (including phenoxy) is 1. The molecular formula is C23H19ClN6O5. The third-order valence-corrected chi connectivity index (χ3v) is 5.41. The number of rotatable bonds is 7. The largest absolute Gasteiger partial charge is 0.436 e. The lowest BCUT2D eigenvalue weighted by Gasteiger charge is -2.31. The Morgan fingerprint density at radius 1 is 1.11 bits per heavy atom. The van der Waals surface area contributed by atoms with Crippen LogP contribution in [-0.2, 0) is 17.9 Å². The van der Waals surface area contributed by atoms with Gasteiger partial charge in [-0.15, -0.1) is 10.2 Å². The van der Waals surface area contributed by atoms with Crippen LogP contribution in [0.15, 0.2) is 74.8 Å². The van der Waals surface area contributed by atoms with Crippen LogP contribution in [0.2, 0.25) is 5.02 Å². The minimum absolute atomic E-state index is 0.0397. The van der Waals surface area contributed by atoms with E-state index in [1.807, 2.05) is 12.1 Å². The van der Waals surface area contributed by atoms with E-state index in [2.05, 4.69) is 25.7 Å². The number of anilines is 1. The summed E-state index contributed by atoms with van der Waals surface area (Å²) in [5.41, 5.74) is 1.56. The lowest BCUT2D eigenvalue weighted by Crippen LogP contribution is -2.47. The van der Waals surface area contributed by atoms with Crippen LogP contribution < -0.4 is 10.1 Å². The van der Waals surface area contributed by atoms with Gasteiger partial charge in [0.05, 0.1) is 13.1 Å². The van der Waals surface area contributed by atoms with Gasteiger partial charge in [0.1, 0.15) is 24.5 Å². The van der Waals surface area contributed by atoms with Crippen molar-refractivity contribution in [3.05, 3.63) is 83.2 Å². The smallest absolute Gasteiger partial charge is 0.259 e. The van der Waals surface area contributed by atoms with E-state index < -0.39 is 12.5 Å². The number of benzene rings is 2. The van der Waals surface area contributed by atoms with Crippen LogP contribution in [0.3, 0.4) is 0 Å². The molecule has 178 valence electrons. The van der Waals surface area contributed by atoms with E-state index in [9.17, 15) is 9.90 Å². The quantitative estimate of drug-likeness (QED) is 0.394. The fourth-order valence-electron chi connectivity index (χ4n) is 3.43. The summed E-state index contributed by atoms with van der Waals surface area (Å²) in [7, 11) is 0. The number of guanidine groups is 1. The number of nitrogens with zero attached hydrogens (tertiary/aromatic N) is 5. The Balaban J connectivity index is 1.38. The van der Waals surface area contributed by atoms with E-state index in [-0.39, 0.29) is 30.8 Å². The summed E-state index contributed by atoms with van der Waals surface area (Å²) in [6.07, 6.45) is 1.42. The van der Waals surface area contributed by atoms with Crippen LogP contribution in [0.5, 0.6) is 11.6 Å². The van der Waals surface area contributed by atoms with Crippen LogP contribution in [0, 0.1) is 0 Å². The monoisotopic (exact) mass is 494 g/mol. The third-order valence-electron chi connectivity index (χ3n) is 5.16. The molecule has 2 N–H and O–H groups in total. The zero-order chi connectivity index (χ0) is 24.2. The lowest BCUT2D eigenvalue weighted by molar-refractivity contribution is -0.130. The highest BCUT2D eigenvalue weighted by Crippen LogP contribution is 2.26. The summed E-state index contributed by atoms with van der Waals surface area (Å²) in [6, 6.07) is 15.9. The number of aromatic nitrogens is 3. The van der Waals surface area contributed by atoms with Gasteiger partial charge in [-0.1, -0.05) is 23.7 Å². The molecule has 11 nitrogen and oxygen atoms in total. The number of aliphatic hydroxyl groups is 1. The number of halogens is 1. The molecule has 0 bridgehead atoms. The first-order valence-corrected chi connectivity index (χ1v) is 11.0. The molecule has 3 heterocycles. The van der Waals surface area contributed by atoms with Gasteiger partial charge in [-0.25, -0.2) is 0 Å². The first kappa shape index (κ1) is 22.6. The molecule has 0 aliphatic carbocycles. The molecule has 1 unspecified atom stereocenters. The Hall–Kier alpha value is -4.22. The normalized spacial score (nSPS) is 15.7. The number of aliphatic hydroxyl groups excluding tert-OH is 1. The van der Waals surface area contributed by atoms with E-state index in [1.165, 1.54) is 11.2 Å². The van der Waals surface area contributed by atoms with E-state index in [4.69, 9.17) is 25.3 Å². The van der Waals surface area contributed by atoms with Crippen molar-refractivity contribution in [2.24, 2.45) is 4.99 Å². The van der Waals surface area contributed by atoms with Crippen LogP contribution in [0.4, 0.5) is 5.69 Å². The van der Waals surface area contributed by atoms with Crippen molar-refractivity contribution in [3.63, 3.8) is 0 Å². The highest BCUT2D eigenvalue weighted by molar-refractivity contribution is 6.30. The zero-order valence-electron chi connectivity index (χ0n) is 18.2. The summed E-state index contributed by atoms with van der Waals surface area (Å²) in [5.74, 6) is 0.401. The van der Waals surface area contributed by atoms with E-state index in [0.29, 0.717) is 28.3 Å². The average Bonchev–Trinajstić information content (AvgIpc) is 3.56. The molecule has 5 rings (SSSR count). The van der Waals surface area contributed by atoms with Gasteiger partial charge in [0.2, 0.25) is 23.6 Å². The number of amides is 1. The molecular weight excluding hydrogens is 476 g/mol. The topological polar surface area (TPSA) is 139 Å². The number of carbonyl (C=O) groups is 1. The maximum atomic E-state index is 13.5. The number of hydrogen-bond donors (Lipinski definition) is 2. The third kappa shape index (κ3) is 5.15. The molecule has 12 heteroatoms. The second-order valence-corrected chi connectivity index (χ2v) is 7.99. The SMILES string of the molecule is O=C1C(c2nnc(CO)o2)CN=C(Nc2ccc(Oc3ccon3)cc2)N1Cc1ccc(Cl)cc1. The second-order valence-electron chi connectivity index (χ2n) is 7.55. The first-order valence-electron chi connectivity index (χ1n) is 10.6. The Morgan fingerprint density at radius 3 is 2.60 bits per heavy atom. The highest BCUT2D eigenvalue weighted by Gasteiger charge is 2.36. The minimum Gasteiger partial charge on any atom is -0.436 e. The molecule has 0 saturated carbocycles. The molecule has 2 aromatic heterocycles. The molecule has 1 amide bonds. The van der Waals surface area contributed by atoms with Crippen molar-refractivity contribution in [1.29, 1.82) is 0 Å². The van der Waals surface area contributed by atoms with Gasteiger partial charge in [-0.3, -0.25) is 14.7 Å². The summed E-state index contributed by atoms with van der Waals surface area (Å²) < 4.78 is 15.8. The van der Waals surface area contributed by atoms with Crippen LogP contribution in [0.25, 0.3) is 0 Å². The summed E-state index contributed by atoms with van der Waals surface area (Å²) in [4.78, 5) is 19.6. The van der Waals surface area contributed by atoms with Crippen molar-refractivity contribution in [1.82, 2.24) is 20.3 Å². The van der Waals surface area contributed by atoms with Gasteiger partial charge >= 0.3 is 0 Å². The molecule has 1 aliphatic heterocycles. The van der Waals surface area contributed by atoms with Gasteiger partial charge in [-0.2, -0.15) is 0 Å². The summed E-state index contributed by atoms with van der Waals surface area (Å²) >= 11 is 6.01. The van der Waals surface area contributed by atoms with Gasteiger partial charge in [-0.05, 0) is 47.1 Å². The maximum absolute atomic E-state index is 13.5. The van der Waals surface area contributed by atoms with Crippen LogP contribution >= 0.6 is 11.6 Å². The fraction of sp³-hybridized carbons (Fsp3) is 0.174. The molecule has 0 radical (unpaired) electrons. The van der Waals surface area contributed by atoms with Gasteiger partial charge in [0, 0.05) is 16.8 Å².